The van der Waals surface area contributed by atoms with Gasteiger partial charge in [-0.15, -0.1) is 11.3 Å². The topological polar surface area (TPSA) is 51.2 Å². The van der Waals surface area contributed by atoms with Crippen LogP contribution in [0, 0.1) is 5.82 Å². The predicted octanol–water partition coefficient (Wildman–Crippen LogP) is 3.24. The first-order valence-corrected chi connectivity index (χ1v) is 7.74. The second-order valence-corrected chi connectivity index (χ2v) is 5.72. The molecule has 1 aliphatic carbocycles. The number of thiazole rings is 1. The number of nitrogens with one attached hydrogen (secondary N) is 1. The molecule has 1 aromatic carbocycles. The summed E-state index contributed by atoms with van der Waals surface area (Å²) in [6.07, 6.45) is 2.05. The molecule has 1 aromatic heterocycles. The number of amides is 1. The summed E-state index contributed by atoms with van der Waals surface area (Å²) in [5.41, 5.74) is 0.726. The van der Waals surface area contributed by atoms with E-state index in [1.807, 2.05) is 6.92 Å². The van der Waals surface area contributed by atoms with Crippen molar-refractivity contribution < 1.29 is 13.9 Å². The summed E-state index contributed by atoms with van der Waals surface area (Å²) in [5, 5.41) is 5.02. The molecule has 0 unspecified atom stereocenters. The van der Waals surface area contributed by atoms with E-state index in [0.717, 1.165) is 12.8 Å². The third-order valence-corrected chi connectivity index (χ3v) is 4.01. The number of benzene rings is 1. The van der Waals surface area contributed by atoms with E-state index in [0.29, 0.717) is 28.6 Å². The van der Waals surface area contributed by atoms with Crippen molar-refractivity contribution in [1.82, 2.24) is 10.3 Å². The van der Waals surface area contributed by atoms with E-state index in [1.54, 1.807) is 17.5 Å². The summed E-state index contributed by atoms with van der Waals surface area (Å²) in [6, 6.07) is 4.95. The Balaban J connectivity index is 1.80. The van der Waals surface area contributed by atoms with Crippen LogP contribution in [0.1, 0.15) is 30.3 Å². The number of nitrogens with zero attached hydrogens (tertiary/aromatic N) is 1. The van der Waals surface area contributed by atoms with Crippen LogP contribution >= 0.6 is 11.3 Å². The van der Waals surface area contributed by atoms with Gasteiger partial charge in [0.25, 0.3) is 5.91 Å². The van der Waals surface area contributed by atoms with Gasteiger partial charge in [0.15, 0.2) is 0 Å². The summed E-state index contributed by atoms with van der Waals surface area (Å²) in [7, 11) is 0. The lowest BCUT2D eigenvalue weighted by Gasteiger charge is -2.05. The van der Waals surface area contributed by atoms with Crippen molar-refractivity contribution in [1.29, 1.82) is 0 Å². The van der Waals surface area contributed by atoms with Gasteiger partial charge >= 0.3 is 0 Å². The van der Waals surface area contributed by atoms with Crippen LogP contribution in [0.15, 0.2) is 23.6 Å². The van der Waals surface area contributed by atoms with Gasteiger partial charge in [0.2, 0.25) is 0 Å². The minimum absolute atomic E-state index is 0.189. The van der Waals surface area contributed by atoms with Crippen molar-refractivity contribution in [3.63, 3.8) is 0 Å². The van der Waals surface area contributed by atoms with Crippen LogP contribution in [0.5, 0.6) is 5.75 Å². The molecule has 6 heteroatoms. The number of aromatic nitrogens is 1. The molecular weight excluding hydrogens is 291 g/mol. The maximum Gasteiger partial charge on any atom is 0.270 e. The van der Waals surface area contributed by atoms with Crippen LogP contribution in [0.4, 0.5) is 4.39 Å². The van der Waals surface area contributed by atoms with Gasteiger partial charge in [0.05, 0.1) is 6.61 Å². The molecule has 0 radical (unpaired) electrons. The van der Waals surface area contributed by atoms with E-state index in [9.17, 15) is 9.18 Å². The largest absolute Gasteiger partial charge is 0.494 e. The molecule has 3 rings (SSSR count). The molecule has 110 valence electrons. The molecule has 21 heavy (non-hydrogen) atoms. The molecule has 1 N–H and O–H groups in total. The molecular formula is C15H15FN2O2S. The highest BCUT2D eigenvalue weighted by Crippen LogP contribution is 2.29. The second kappa shape index (κ2) is 5.81. The summed E-state index contributed by atoms with van der Waals surface area (Å²) in [5.74, 6) is -0.0993. The number of hydrogen-bond acceptors (Lipinski definition) is 4. The fourth-order valence-corrected chi connectivity index (χ4v) is 2.74. The van der Waals surface area contributed by atoms with Gasteiger partial charge in [-0.3, -0.25) is 4.79 Å². The molecule has 1 amide bonds. The summed E-state index contributed by atoms with van der Waals surface area (Å²) >= 11 is 1.26. The lowest BCUT2D eigenvalue weighted by Crippen LogP contribution is -2.25. The highest BCUT2D eigenvalue weighted by Gasteiger charge is 2.25. The molecule has 0 aliphatic heterocycles. The van der Waals surface area contributed by atoms with Crippen molar-refractivity contribution in [2.24, 2.45) is 0 Å². The van der Waals surface area contributed by atoms with E-state index < -0.39 is 5.82 Å². The van der Waals surface area contributed by atoms with E-state index >= 15 is 0 Å². The van der Waals surface area contributed by atoms with Crippen molar-refractivity contribution in [3.8, 4) is 16.3 Å². The Labute approximate surface area is 126 Å². The Morgan fingerprint density at radius 3 is 3.00 bits per heavy atom. The van der Waals surface area contributed by atoms with Gasteiger partial charge in [-0.25, -0.2) is 9.37 Å². The zero-order valence-corrected chi connectivity index (χ0v) is 12.4. The highest BCUT2D eigenvalue weighted by atomic mass is 32.1. The average molecular weight is 306 g/mol. The van der Waals surface area contributed by atoms with Crippen molar-refractivity contribution in [2.45, 2.75) is 25.8 Å². The normalized spacial score (nSPS) is 14.0. The number of ether oxygens (including phenoxy) is 1. The average Bonchev–Trinajstić information content (AvgIpc) is 3.13. The fraction of sp³-hybridized carbons (Fsp3) is 0.333. The molecule has 1 fully saturated rings. The quantitative estimate of drug-likeness (QED) is 0.922. The summed E-state index contributed by atoms with van der Waals surface area (Å²) in [6.45, 7) is 2.33. The zero-order chi connectivity index (χ0) is 14.8. The number of hydrogen-bond donors (Lipinski definition) is 1. The van der Waals surface area contributed by atoms with E-state index in [2.05, 4.69) is 10.3 Å². The SMILES string of the molecule is CCOc1ccc(-c2nc(C(=O)NC3CC3)cs2)c(F)c1. The first kappa shape index (κ1) is 14.0. The van der Waals surface area contributed by atoms with Gasteiger partial charge in [-0.1, -0.05) is 0 Å². The third-order valence-electron chi connectivity index (χ3n) is 3.13. The molecule has 0 spiro atoms. The number of carbonyl (C=O) groups is 1. The lowest BCUT2D eigenvalue weighted by molar-refractivity contribution is 0.0947. The number of rotatable bonds is 5. The Morgan fingerprint density at radius 2 is 2.33 bits per heavy atom. The van der Waals surface area contributed by atoms with Crippen LogP contribution in [-0.4, -0.2) is 23.5 Å². The minimum Gasteiger partial charge on any atom is -0.494 e. The van der Waals surface area contributed by atoms with Gasteiger partial charge < -0.3 is 10.1 Å². The number of halogens is 1. The first-order chi connectivity index (χ1) is 10.2. The van der Waals surface area contributed by atoms with Gasteiger partial charge in [-0.05, 0) is 31.9 Å². The van der Waals surface area contributed by atoms with Crippen LogP contribution in [0.3, 0.4) is 0 Å². The van der Waals surface area contributed by atoms with Crippen LogP contribution in [-0.2, 0) is 0 Å². The molecule has 4 nitrogen and oxygen atoms in total. The van der Waals surface area contributed by atoms with Crippen LogP contribution in [0.2, 0.25) is 0 Å². The van der Waals surface area contributed by atoms with Crippen molar-refractivity contribution >= 4 is 17.2 Å². The minimum atomic E-state index is -0.399. The third kappa shape index (κ3) is 3.21. The zero-order valence-electron chi connectivity index (χ0n) is 11.6. The smallest absolute Gasteiger partial charge is 0.270 e. The molecule has 1 aliphatic rings. The molecule has 0 bridgehead atoms. The molecule has 0 saturated heterocycles. The molecule has 2 aromatic rings. The van der Waals surface area contributed by atoms with Crippen LogP contribution < -0.4 is 10.1 Å². The Kier molecular flexibility index (Phi) is 3.88. The number of carbonyl (C=O) groups excluding carboxylic acids is 1. The van der Waals surface area contributed by atoms with Crippen molar-refractivity contribution in [2.75, 3.05) is 6.61 Å². The Morgan fingerprint density at radius 1 is 1.52 bits per heavy atom. The maximum absolute atomic E-state index is 14.1. The molecule has 0 atom stereocenters. The summed E-state index contributed by atoms with van der Waals surface area (Å²) < 4.78 is 19.3. The predicted molar refractivity (Wildman–Crippen MR) is 79.2 cm³/mol. The van der Waals surface area contributed by atoms with E-state index in [1.165, 1.54) is 17.4 Å². The van der Waals surface area contributed by atoms with Gasteiger partial charge in [-0.2, -0.15) is 0 Å². The maximum atomic E-state index is 14.1. The Bertz CT molecular complexity index is 667. The Hall–Kier alpha value is -1.95. The fourth-order valence-electron chi connectivity index (χ4n) is 1.91. The molecule has 1 saturated carbocycles. The standard InChI is InChI=1S/C15H15FN2O2S/c1-2-20-10-5-6-11(12(16)7-10)15-18-13(8-21-15)14(19)17-9-3-4-9/h5-9H,2-4H2,1H3,(H,17,19). The first-order valence-electron chi connectivity index (χ1n) is 6.86. The second-order valence-electron chi connectivity index (χ2n) is 4.86. The van der Waals surface area contributed by atoms with E-state index in [-0.39, 0.29) is 11.9 Å². The van der Waals surface area contributed by atoms with Crippen molar-refractivity contribution in [3.05, 3.63) is 35.1 Å². The monoisotopic (exact) mass is 306 g/mol. The van der Waals surface area contributed by atoms with Gasteiger partial charge in [0, 0.05) is 23.1 Å². The van der Waals surface area contributed by atoms with Crippen LogP contribution in [0.25, 0.3) is 10.6 Å². The van der Waals surface area contributed by atoms with E-state index in [4.69, 9.17) is 4.74 Å². The summed E-state index contributed by atoms with van der Waals surface area (Å²) in [4.78, 5) is 16.1. The van der Waals surface area contributed by atoms with Gasteiger partial charge in [0.1, 0.15) is 22.3 Å². The lowest BCUT2D eigenvalue weighted by atomic mass is 10.2. The highest BCUT2D eigenvalue weighted by molar-refractivity contribution is 7.13. The molecule has 1 heterocycles.